The summed E-state index contributed by atoms with van der Waals surface area (Å²) in [5, 5.41) is 6.51. The normalized spacial score (nSPS) is 16.0. The Kier molecular flexibility index (Phi) is 5.17. The van der Waals surface area contributed by atoms with Gasteiger partial charge < -0.3 is 14.4 Å². The lowest BCUT2D eigenvalue weighted by Crippen LogP contribution is -2.42. The van der Waals surface area contributed by atoms with Gasteiger partial charge in [-0.05, 0) is 52.1 Å². The number of ether oxygens (including phenoxy) is 2. The third-order valence-corrected chi connectivity index (χ3v) is 4.78. The lowest BCUT2D eigenvalue weighted by atomic mass is 10.1. The Balaban J connectivity index is 1.74. The minimum atomic E-state index is -0.480. The van der Waals surface area contributed by atoms with Crippen LogP contribution in [0.1, 0.15) is 45.5 Å². The summed E-state index contributed by atoms with van der Waals surface area (Å²) < 4.78 is 17.0. The van der Waals surface area contributed by atoms with Crippen LogP contribution in [0.5, 0.6) is 5.88 Å². The van der Waals surface area contributed by atoms with Crippen molar-refractivity contribution in [3.8, 4) is 17.3 Å². The first-order valence-electron chi connectivity index (χ1n) is 8.68. The molecule has 142 valence electrons. The zero-order valence-electron chi connectivity index (χ0n) is 15.9. The summed E-state index contributed by atoms with van der Waals surface area (Å²) >= 11 is 1.33. The molecule has 1 fully saturated rings. The van der Waals surface area contributed by atoms with Gasteiger partial charge in [-0.25, -0.2) is 14.5 Å². The van der Waals surface area contributed by atoms with E-state index in [-0.39, 0.29) is 12.1 Å². The average molecular weight is 379 g/mol. The lowest BCUT2D eigenvalue weighted by molar-refractivity contribution is 0.0185. The average Bonchev–Trinajstić information content (AvgIpc) is 3.19. The molecule has 8 nitrogen and oxygen atoms in total. The van der Waals surface area contributed by atoms with Crippen LogP contribution in [-0.4, -0.2) is 55.9 Å². The van der Waals surface area contributed by atoms with Crippen LogP contribution >= 0.6 is 11.5 Å². The Morgan fingerprint density at radius 3 is 2.62 bits per heavy atom. The minimum absolute atomic E-state index is 0.175. The van der Waals surface area contributed by atoms with Crippen molar-refractivity contribution >= 4 is 17.6 Å². The molecular formula is C17H25N5O3S. The van der Waals surface area contributed by atoms with Gasteiger partial charge >= 0.3 is 6.09 Å². The molecule has 1 saturated heterocycles. The number of amides is 1. The zero-order valence-corrected chi connectivity index (χ0v) is 16.7. The van der Waals surface area contributed by atoms with E-state index in [1.165, 1.54) is 11.5 Å². The molecule has 1 aliphatic heterocycles. The summed E-state index contributed by atoms with van der Waals surface area (Å²) in [6, 6.07) is 0.175. The molecule has 26 heavy (non-hydrogen) atoms. The van der Waals surface area contributed by atoms with Crippen molar-refractivity contribution in [3.63, 3.8) is 0 Å². The van der Waals surface area contributed by atoms with Crippen LogP contribution in [-0.2, 0) is 4.74 Å². The second-order valence-electron chi connectivity index (χ2n) is 7.36. The van der Waals surface area contributed by atoms with Gasteiger partial charge in [-0.15, -0.1) is 0 Å². The SMILES string of the molecule is COc1nscc1-c1nc(C)nn1C1CCN(C(=O)OC(C)(C)C)CC1. The Morgan fingerprint density at radius 1 is 1.31 bits per heavy atom. The van der Waals surface area contributed by atoms with Crippen molar-refractivity contribution in [3.05, 3.63) is 11.2 Å². The number of carbonyl (C=O) groups is 1. The maximum Gasteiger partial charge on any atom is 0.410 e. The first kappa shape index (κ1) is 18.6. The van der Waals surface area contributed by atoms with Gasteiger partial charge in [-0.2, -0.15) is 9.47 Å². The molecule has 2 aromatic rings. The first-order chi connectivity index (χ1) is 12.3. The fourth-order valence-electron chi connectivity index (χ4n) is 3.01. The van der Waals surface area contributed by atoms with Crippen molar-refractivity contribution in [2.45, 2.75) is 52.2 Å². The number of carbonyl (C=O) groups excluding carboxylic acids is 1. The van der Waals surface area contributed by atoms with E-state index >= 15 is 0 Å². The van der Waals surface area contributed by atoms with E-state index in [4.69, 9.17) is 9.47 Å². The molecule has 0 aromatic carbocycles. The highest BCUT2D eigenvalue weighted by atomic mass is 32.1. The summed E-state index contributed by atoms with van der Waals surface area (Å²) in [5.41, 5.74) is 0.375. The second-order valence-corrected chi connectivity index (χ2v) is 7.99. The molecule has 1 aliphatic rings. The first-order valence-corrected chi connectivity index (χ1v) is 9.52. The molecule has 0 atom stereocenters. The van der Waals surface area contributed by atoms with Gasteiger partial charge in [0.25, 0.3) is 0 Å². The highest BCUT2D eigenvalue weighted by molar-refractivity contribution is 7.04. The molecule has 0 radical (unpaired) electrons. The quantitative estimate of drug-likeness (QED) is 0.814. The molecule has 3 rings (SSSR count). The van der Waals surface area contributed by atoms with Crippen LogP contribution in [0.15, 0.2) is 5.38 Å². The number of nitrogens with zero attached hydrogens (tertiary/aromatic N) is 5. The molecule has 0 spiro atoms. The fourth-order valence-corrected chi connectivity index (χ4v) is 3.64. The predicted molar refractivity (Wildman–Crippen MR) is 98.5 cm³/mol. The van der Waals surface area contributed by atoms with Crippen LogP contribution in [0.25, 0.3) is 11.4 Å². The number of likely N-dealkylation sites (tertiary alicyclic amines) is 1. The monoisotopic (exact) mass is 379 g/mol. The van der Waals surface area contributed by atoms with Crippen LogP contribution in [0.3, 0.4) is 0 Å². The zero-order chi connectivity index (χ0) is 18.9. The van der Waals surface area contributed by atoms with Crippen LogP contribution in [0.4, 0.5) is 4.79 Å². The molecule has 1 amide bonds. The van der Waals surface area contributed by atoms with Gasteiger partial charge in [0.15, 0.2) is 5.82 Å². The lowest BCUT2D eigenvalue weighted by Gasteiger charge is -2.33. The summed E-state index contributed by atoms with van der Waals surface area (Å²) in [5.74, 6) is 2.04. The van der Waals surface area contributed by atoms with E-state index in [1.54, 1.807) is 12.0 Å². The predicted octanol–water partition coefficient (Wildman–Crippen LogP) is 3.29. The summed E-state index contributed by atoms with van der Waals surface area (Å²) in [6.07, 6.45) is 1.35. The summed E-state index contributed by atoms with van der Waals surface area (Å²) in [7, 11) is 1.60. The van der Waals surface area contributed by atoms with E-state index in [0.717, 1.165) is 24.2 Å². The number of methoxy groups -OCH3 is 1. The molecular weight excluding hydrogens is 354 g/mol. The molecule has 0 saturated carbocycles. The van der Waals surface area contributed by atoms with E-state index in [9.17, 15) is 4.79 Å². The van der Waals surface area contributed by atoms with E-state index in [0.29, 0.717) is 24.8 Å². The molecule has 2 aromatic heterocycles. The van der Waals surface area contributed by atoms with E-state index in [1.807, 2.05) is 37.8 Å². The number of aromatic nitrogens is 4. The van der Waals surface area contributed by atoms with Crippen LogP contribution in [0, 0.1) is 6.92 Å². The molecule has 0 unspecified atom stereocenters. The maximum absolute atomic E-state index is 12.2. The maximum atomic E-state index is 12.2. The Bertz CT molecular complexity index is 772. The van der Waals surface area contributed by atoms with Crippen molar-refractivity contribution in [1.29, 1.82) is 0 Å². The van der Waals surface area contributed by atoms with E-state index in [2.05, 4.69) is 14.5 Å². The number of hydrogen-bond donors (Lipinski definition) is 0. The topological polar surface area (TPSA) is 82.4 Å². The summed E-state index contributed by atoms with van der Waals surface area (Å²) in [4.78, 5) is 18.6. The molecule has 0 aliphatic carbocycles. The van der Waals surface area contributed by atoms with Crippen molar-refractivity contribution < 1.29 is 14.3 Å². The minimum Gasteiger partial charge on any atom is -0.480 e. The van der Waals surface area contributed by atoms with Crippen LogP contribution < -0.4 is 4.74 Å². The highest BCUT2D eigenvalue weighted by Crippen LogP contribution is 2.33. The van der Waals surface area contributed by atoms with Crippen LogP contribution in [0.2, 0.25) is 0 Å². The number of rotatable bonds is 3. The van der Waals surface area contributed by atoms with E-state index < -0.39 is 5.60 Å². The van der Waals surface area contributed by atoms with Crippen molar-refractivity contribution in [2.75, 3.05) is 20.2 Å². The Hall–Kier alpha value is -2.16. The fraction of sp³-hybridized carbons (Fsp3) is 0.647. The molecule has 3 heterocycles. The largest absolute Gasteiger partial charge is 0.480 e. The smallest absolute Gasteiger partial charge is 0.410 e. The standard InChI is InChI=1S/C17H25N5O3S/c1-11-18-14(13-10-26-20-15(13)24-5)22(19-11)12-6-8-21(9-7-12)16(23)25-17(2,3)4/h10,12H,6-9H2,1-5H3. The van der Waals surface area contributed by atoms with Gasteiger partial charge in [0.2, 0.25) is 5.88 Å². The number of piperidine rings is 1. The van der Waals surface area contributed by atoms with Gasteiger partial charge in [0, 0.05) is 18.5 Å². The third-order valence-electron chi connectivity index (χ3n) is 4.17. The summed E-state index contributed by atoms with van der Waals surface area (Å²) in [6.45, 7) is 8.79. The number of aryl methyl sites for hydroxylation is 1. The Morgan fingerprint density at radius 2 is 2.00 bits per heavy atom. The number of hydrogen-bond acceptors (Lipinski definition) is 7. The van der Waals surface area contributed by atoms with Gasteiger partial charge in [0.1, 0.15) is 11.4 Å². The van der Waals surface area contributed by atoms with Gasteiger partial charge in [0.05, 0.1) is 18.7 Å². The molecule has 0 N–H and O–H groups in total. The van der Waals surface area contributed by atoms with Crippen molar-refractivity contribution in [1.82, 2.24) is 24.0 Å². The highest BCUT2D eigenvalue weighted by Gasteiger charge is 2.30. The second kappa shape index (κ2) is 7.22. The van der Waals surface area contributed by atoms with Gasteiger partial charge in [-0.1, -0.05) is 0 Å². The Labute approximate surface area is 157 Å². The van der Waals surface area contributed by atoms with Gasteiger partial charge in [-0.3, -0.25) is 0 Å². The molecule has 9 heteroatoms. The van der Waals surface area contributed by atoms with Crippen molar-refractivity contribution in [2.24, 2.45) is 0 Å². The molecule has 0 bridgehead atoms. The third kappa shape index (κ3) is 3.98.